The fourth-order valence-electron chi connectivity index (χ4n) is 5.53. The molecule has 2 atom stereocenters. The molecule has 0 bridgehead atoms. The van der Waals surface area contributed by atoms with Crippen molar-refractivity contribution >= 4 is 10.8 Å². The van der Waals surface area contributed by atoms with Crippen molar-refractivity contribution in [3.63, 3.8) is 0 Å². The van der Waals surface area contributed by atoms with Crippen LogP contribution in [0.3, 0.4) is 0 Å². The fraction of sp³-hybridized carbons (Fsp3) is 0.407. The van der Waals surface area contributed by atoms with Crippen LogP contribution in [0.2, 0.25) is 0 Å². The molecule has 1 fully saturated rings. The lowest BCUT2D eigenvalue weighted by atomic mass is 9.85. The van der Waals surface area contributed by atoms with E-state index in [4.69, 9.17) is 14.2 Å². The monoisotopic (exact) mass is 417 g/mol. The normalized spacial score (nSPS) is 20.3. The number of benzene rings is 3. The Kier molecular flexibility index (Phi) is 5.27. The van der Waals surface area contributed by atoms with E-state index in [0.717, 1.165) is 36.3 Å². The number of hydrogen-bond donors (Lipinski definition) is 1. The van der Waals surface area contributed by atoms with Crippen molar-refractivity contribution in [2.45, 2.75) is 56.7 Å². The van der Waals surface area contributed by atoms with Crippen LogP contribution < -0.4 is 19.5 Å². The number of ether oxygens (including phenoxy) is 3. The Hall–Kier alpha value is -2.72. The molecule has 0 amide bonds. The summed E-state index contributed by atoms with van der Waals surface area (Å²) in [6.45, 7) is 2.26. The van der Waals surface area contributed by atoms with Gasteiger partial charge in [0, 0.05) is 24.1 Å². The van der Waals surface area contributed by atoms with Crippen LogP contribution in [0.15, 0.2) is 54.6 Å². The van der Waals surface area contributed by atoms with E-state index in [2.05, 4.69) is 60.8 Å². The Morgan fingerprint density at radius 1 is 0.968 bits per heavy atom. The molecule has 1 aliphatic heterocycles. The Morgan fingerprint density at radius 3 is 2.52 bits per heavy atom. The molecular formula is C27H31NO3. The summed E-state index contributed by atoms with van der Waals surface area (Å²) in [5.41, 5.74) is 2.36. The number of fused-ring (bicyclic) bond motifs is 2. The predicted octanol–water partition coefficient (Wildman–Crippen LogP) is 6.34. The van der Waals surface area contributed by atoms with E-state index in [-0.39, 0.29) is 17.7 Å². The van der Waals surface area contributed by atoms with Gasteiger partial charge in [0.25, 0.3) is 0 Å². The topological polar surface area (TPSA) is 39.7 Å². The lowest BCUT2D eigenvalue weighted by Crippen LogP contribution is -2.42. The first-order valence-electron chi connectivity index (χ1n) is 11.3. The van der Waals surface area contributed by atoms with E-state index in [1.54, 1.807) is 14.2 Å². The van der Waals surface area contributed by atoms with E-state index in [1.807, 2.05) is 6.07 Å². The molecule has 4 nitrogen and oxygen atoms in total. The van der Waals surface area contributed by atoms with Gasteiger partial charge in [0.2, 0.25) is 5.75 Å². The van der Waals surface area contributed by atoms with Crippen LogP contribution >= 0.6 is 0 Å². The number of hydrogen-bond acceptors (Lipinski definition) is 4. The van der Waals surface area contributed by atoms with E-state index in [1.165, 1.54) is 29.2 Å². The second-order valence-electron chi connectivity index (χ2n) is 8.93. The second-order valence-corrected chi connectivity index (χ2v) is 8.93. The zero-order chi connectivity index (χ0) is 21.4. The molecule has 1 spiro atoms. The minimum atomic E-state index is -0.122. The van der Waals surface area contributed by atoms with Gasteiger partial charge in [-0.25, -0.2) is 0 Å². The molecule has 0 aromatic heterocycles. The average Bonchev–Trinajstić information content (AvgIpc) is 3.25. The quantitative estimate of drug-likeness (QED) is 0.525. The molecule has 2 aliphatic rings. The van der Waals surface area contributed by atoms with Gasteiger partial charge in [-0.3, -0.25) is 0 Å². The van der Waals surface area contributed by atoms with Crippen molar-refractivity contribution in [2.75, 3.05) is 14.2 Å². The lowest BCUT2D eigenvalue weighted by molar-refractivity contribution is 0.0317. The highest BCUT2D eigenvalue weighted by molar-refractivity contribution is 5.86. The van der Waals surface area contributed by atoms with Crippen molar-refractivity contribution in [2.24, 2.45) is 0 Å². The first kappa shape index (κ1) is 20.2. The lowest BCUT2D eigenvalue weighted by Gasteiger charge is -2.42. The summed E-state index contributed by atoms with van der Waals surface area (Å²) in [5.74, 6) is 2.27. The molecule has 5 rings (SSSR count). The summed E-state index contributed by atoms with van der Waals surface area (Å²) in [5, 5.41) is 6.53. The summed E-state index contributed by atoms with van der Waals surface area (Å²) < 4.78 is 18.0. The number of rotatable bonds is 5. The van der Waals surface area contributed by atoms with Crippen LogP contribution in [0.1, 0.15) is 62.2 Å². The summed E-state index contributed by atoms with van der Waals surface area (Å²) in [4.78, 5) is 0. The molecular weight excluding hydrogens is 386 g/mol. The predicted molar refractivity (Wildman–Crippen MR) is 124 cm³/mol. The van der Waals surface area contributed by atoms with Crippen LogP contribution in [0.25, 0.3) is 10.8 Å². The van der Waals surface area contributed by atoms with Gasteiger partial charge in [-0.15, -0.1) is 0 Å². The number of methoxy groups -OCH3 is 2. The van der Waals surface area contributed by atoms with Gasteiger partial charge in [0.05, 0.1) is 14.2 Å². The molecule has 3 aromatic rings. The third-order valence-corrected chi connectivity index (χ3v) is 7.06. The molecule has 162 valence electrons. The van der Waals surface area contributed by atoms with Crippen LogP contribution in [0.4, 0.5) is 0 Å². The maximum Gasteiger partial charge on any atom is 0.203 e. The molecule has 31 heavy (non-hydrogen) atoms. The van der Waals surface area contributed by atoms with Gasteiger partial charge in [0.1, 0.15) is 5.60 Å². The SMILES string of the molecule is COc1ccc2c(c1OC)OC1(CCCC1)C[C@H]2NC(C)c1cccc2ccccc12. The smallest absolute Gasteiger partial charge is 0.203 e. The highest BCUT2D eigenvalue weighted by Gasteiger charge is 2.45. The zero-order valence-electron chi connectivity index (χ0n) is 18.6. The molecule has 3 aromatic carbocycles. The van der Waals surface area contributed by atoms with Crippen LogP contribution in [0.5, 0.6) is 17.2 Å². The van der Waals surface area contributed by atoms with Crippen molar-refractivity contribution in [1.29, 1.82) is 0 Å². The highest BCUT2D eigenvalue weighted by Crippen LogP contribution is 2.53. The van der Waals surface area contributed by atoms with E-state index in [0.29, 0.717) is 5.75 Å². The van der Waals surface area contributed by atoms with Crippen LogP contribution in [0, 0.1) is 0 Å². The van der Waals surface area contributed by atoms with E-state index < -0.39 is 0 Å². The molecule has 1 saturated carbocycles. The fourth-order valence-corrected chi connectivity index (χ4v) is 5.53. The van der Waals surface area contributed by atoms with Crippen molar-refractivity contribution in [3.05, 3.63) is 65.7 Å². The molecule has 4 heteroatoms. The number of nitrogens with one attached hydrogen (secondary N) is 1. The first-order chi connectivity index (χ1) is 15.1. The van der Waals surface area contributed by atoms with Gasteiger partial charge in [-0.2, -0.15) is 0 Å². The average molecular weight is 418 g/mol. The van der Waals surface area contributed by atoms with Gasteiger partial charge in [0.15, 0.2) is 11.5 Å². The summed E-state index contributed by atoms with van der Waals surface area (Å²) >= 11 is 0. The Balaban J connectivity index is 1.54. The van der Waals surface area contributed by atoms with Crippen molar-refractivity contribution < 1.29 is 14.2 Å². The Morgan fingerprint density at radius 2 is 1.74 bits per heavy atom. The molecule has 1 heterocycles. The summed E-state index contributed by atoms with van der Waals surface area (Å²) in [6.07, 6.45) is 5.59. The van der Waals surface area contributed by atoms with Crippen molar-refractivity contribution in [1.82, 2.24) is 5.32 Å². The Bertz CT molecular complexity index is 1080. The van der Waals surface area contributed by atoms with E-state index >= 15 is 0 Å². The van der Waals surface area contributed by atoms with Gasteiger partial charge < -0.3 is 19.5 Å². The van der Waals surface area contributed by atoms with Gasteiger partial charge >= 0.3 is 0 Å². The van der Waals surface area contributed by atoms with Crippen LogP contribution in [-0.4, -0.2) is 19.8 Å². The Labute approximate surface area is 184 Å². The summed E-state index contributed by atoms with van der Waals surface area (Å²) in [7, 11) is 3.37. The maximum absolute atomic E-state index is 6.69. The summed E-state index contributed by atoms with van der Waals surface area (Å²) in [6, 6.07) is 19.7. The van der Waals surface area contributed by atoms with Crippen molar-refractivity contribution in [3.8, 4) is 17.2 Å². The molecule has 1 unspecified atom stereocenters. The molecule has 0 saturated heterocycles. The largest absolute Gasteiger partial charge is 0.493 e. The molecule has 0 radical (unpaired) electrons. The van der Waals surface area contributed by atoms with Gasteiger partial charge in [-0.05, 0) is 61.1 Å². The third kappa shape index (κ3) is 3.53. The van der Waals surface area contributed by atoms with Crippen LogP contribution in [-0.2, 0) is 0 Å². The van der Waals surface area contributed by atoms with Gasteiger partial charge in [-0.1, -0.05) is 42.5 Å². The standard InChI is InChI=1S/C27H31NO3/c1-18(20-12-8-10-19-9-4-5-11-21(19)20)28-23-17-27(15-6-7-16-27)31-25-22(23)13-14-24(29-2)26(25)30-3/h4-5,8-14,18,23,28H,6-7,15-17H2,1-3H3/t18?,23-/m1/s1. The highest BCUT2D eigenvalue weighted by atomic mass is 16.5. The molecule has 1 N–H and O–H groups in total. The molecule has 1 aliphatic carbocycles. The minimum absolute atomic E-state index is 0.122. The second kappa shape index (κ2) is 8.08. The zero-order valence-corrected chi connectivity index (χ0v) is 18.6. The first-order valence-corrected chi connectivity index (χ1v) is 11.3. The minimum Gasteiger partial charge on any atom is -0.493 e. The van der Waals surface area contributed by atoms with E-state index in [9.17, 15) is 0 Å². The maximum atomic E-state index is 6.69. The third-order valence-electron chi connectivity index (χ3n) is 7.06.